The highest BCUT2D eigenvalue weighted by atomic mass is 16.3. The molecule has 0 radical (unpaired) electrons. The van der Waals surface area contributed by atoms with Gasteiger partial charge in [-0.15, -0.1) is 0 Å². The largest absolute Gasteiger partial charge is 0.507 e. The molecule has 2 aromatic carbocycles. The maximum Gasteiger partial charge on any atom is 0.123 e. The van der Waals surface area contributed by atoms with Crippen LogP contribution in [0.3, 0.4) is 0 Å². The molecule has 0 fully saturated rings. The molecule has 2 heteroatoms. The molecule has 2 nitrogen and oxygen atoms in total. The van der Waals surface area contributed by atoms with Crippen molar-refractivity contribution in [1.82, 2.24) is 4.98 Å². The summed E-state index contributed by atoms with van der Waals surface area (Å²) in [7, 11) is 0. The molecule has 0 aliphatic carbocycles. The predicted octanol–water partition coefficient (Wildman–Crippen LogP) is 6.20. The van der Waals surface area contributed by atoms with Crippen molar-refractivity contribution in [3.63, 3.8) is 0 Å². The van der Waals surface area contributed by atoms with Gasteiger partial charge in [0.1, 0.15) is 5.75 Å². The van der Waals surface area contributed by atoms with E-state index in [1.54, 1.807) is 0 Å². The third-order valence-electron chi connectivity index (χ3n) is 4.69. The highest BCUT2D eigenvalue weighted by molar-refractivity contribution is 5.94. The lowest BCUT2D eigenvalue weighted by Gasteiger charge is -2.28. The van der Waals surface area contributed by atoms with E-state index in [-0.39, 0.29) is 10.8 Å². The van der Waals surface area contributed by atoms with Gasteiger partial charge in [-0.1, -0.05) is 59.7 Å². The highest BCUT2D eigenvalue weighted by Gasteiger charge is 2.27. The van der Waals surface area contributed by atoms with E-state index in [0.29, 0.717) is 5.75 Å². The van der Waals surface area contributed by atoms with Gasteiger partial charge in [0.15, 0.2) is 0 Å². The number of hydrogen-bond donors (Lipinski definition) is 1. The fourth-order valence-electron chi connectivity index (χ4n) is 3.28. The lowest BCUT2D eigenvalue weighted by atomic mass is 9.77. The van der Waals surface area contributed by atoms with E-state index in [1.165, 1.54) is 0 Å². The molecule has 0 saturated heterocycles. The first kappa shape index (κ1) is 17.5. The molecule has 130 valence electrons. The van der Waals surface area contributed by atoms with Gasteiger partial charge in [-0.05, 0) is 46.2 Å². The first-order valence-corrected chi connectivity index (χ1v) is 8.81. The van der Waals surface area contributed by atoms with Gasteiger partial charge in [0.05, 0.1) is 5.52 Å². The molecule has 3 rings (SSSR count). The van der Waals surface area contributed by atoms with Crippen LogP contribution in [0.1, 0.15) is 52.7 Å². The van der Waals surface area contributed by atoms with Crippen LogP contribution < -0.4 is 0 Å². The van der Waals surface area contributed by atoms with Crippen molar-refractivity contribution in [1.29, 1.82) is 0 Å². The van der Waals surface area contributed by atoms with Crippen molar-refractivity contribution < 1.29 is 5.11 Å². The van der Waals surface area contributed by atoms with Crippen LogP contribution >= 0.6 is 0 Å². The Morgan fingerprint density at radius 3 is 1.92 bits per heavy atom. The Balaban J connectivity index is 2.36. The Kier molecular flexibility index (Phi) is 4.10. The standard InChI is InChI=1S/C23H27NO/c1-22(2,3)18-13-15(14-19(21(18)25)23(4,5)6)16-11-12-24-20-10-8-7-9-17(16)20/h7-14,25H,1-6H3. The number of phenols is 1. The number of phenolic OH excluding ortho intramolecular Hbond substituents is 1. The molecule has 0 aliphatic rings. The number of pyridine rings is 1. The minimum Gasteiger partial charge on any atom is -0.507 e. The predicted molar refractivity (Wildman–Crippen MR) is 106 cm³/mol. The molecular formula is C23H27NO. The fourth-order valence-corrected chi connectivity index (χ4v) is 3.28. The molecule has 0 bridgehead atoms. The van der Waals surface area contributed by atoms with Crippen molar-refractivity contribution in [3.8, 4) is 16.9 Å². The van der Waals surface area contributed by atoms with E-state index >= 15 is 0 Å². The summed E-state index contributed by atoms with van der Waals surface area (Å²) in [6.07, 6.45) is 1.86. The summed E-state index contributed by atoms with van der Waals surface area (Å²) in [5.41, 5.74) is 4.97. The number of fused-ring (bicyclic) bond motifs is 1. The van der Waals surface area contributed by atoms with Gasteiger partial charge >= 0.3 is 0 Å². The van der Waals surface area contributed by atoms with Crippen LogP contribution in [0.25, 0.3) is 22.0 Å². The van der Waals surface area contributed by atoms with E-state index in [0.717, 1.165) is 33.2 Å². The number of benzene rings is 2. The van der Waals surface area contributed by atoms with Crippen molar-refractivity contribution in [3.05, 3.63) is 59.8 Å². The van der Waals surface area contributed by atoms with E-state index in [2.05, 4.69) is 70.8 Å². The molecular weight excluding hydrogens is 306 g/mol. The summed E-state index contributed by atoms with van der Waals surface area (Å²) in [5, 5.41) is 12.1. The van der Waals surface area contributed by atoms with Crippen LogP contribution in [-0.2, 0) is 10.8 Å². The van der Waals surface area contributed by atoms with E-state index in [1.807, 2.05) is 24.4 Å². The number of nitrogens with zero attached hydrogens (tertiary/aromatic N) is 1. The number of rotatable bonds is 1. The van der Waals surface area contributed by atoms with Crippen molar-refractivity contribution in [2.24, 2.45) is 0 Å². The first-order chi connectivity index (χ1) is 11.6. The third-order valence-corrected chi connectivity index (χ3v) is 4.69. The van der Waals surface area contributed by atoms with Gasteiger partial charge in [0.25, 0.3) is 0 Å². The maximum atomic E-state index is 10.9. The Hall–Kier alpha value is -2.35. The lowest BCUT2D eigenvalue weighted by molar-refractivity contribution is 0.423. The summed E-state index contributed by atoms with van der Waals surface area (Å²) < 4.78 is 0. The first-order valence-electron chi connectivity index (χ1n) is 8.81. The lowest BCUT2D eigenvalue weighted by Crippen LogP contribution is -2.17. The van der Waals surface area contributed by atoms with Crippen molar-refractivity contribution in [2.75, 3.05) is 0 Å². The van der Waals surface area contributed by atoms with Crippen LogP contribution in [0.2, 0.25) is 0 Å². The number of para-hydroxylation sites is 1. The average molecular weight is 333 g/mol. The molecule has 0 atom stereocenters. The summed E-state index contributed by atoms with van der Waals surface area (Å²) in [6, 6.07) is 14.5. The minimum absolute atomic E-state index is 0.136. The van der Waals surface area contributed by atoms with Gasteiger partial charge in [0, 0.05) is 22.7 Å². The zero-order valence-electron chi connectivity index (χ0n) is 16.0. The fraction of sp³-hybridized carbons (Fsp3) is 0.348. The third kappa shape index (κ3) is 3.26. The van der Waals surface area contributed by atoms with Gasteiger partial charge in [-0.25, -0.2) is 0 Å². The molecule has 0 amide bonds. The second-order valence-corrected chi connectivity index (χ2v) is 8.80. The zero-order chi connectivity index (χ0) is 18.4. The number of aromatic hydroxyl groups is 1. The van der Waals surface area contributed by atoms with Crippen LogP contribution in [0.4, 0.5) is 0 Å². The Morgan fingerprint density at radius 2 is 1.36 bits per heavy atom. The SMILES string of the molecule is CC(C)(C)c1cc(-c2ccnc3ccccc23)cc(C(C)(C)C)c1O. The van der Waals surface area contributed by atoms with E-state index < -0.39 is 0 Å². The van der Waals surface area contributed by atoms with Crippen LogP contribution in [0, 0.1) is 0 Å². The van der Waals surface area contributed by atoms with E-state index in [4.69, 9.17) is 0 Å². The van der Waals surface area contributed by atoms with Gasteiger partial charge in [0.2, 0.25) is 0 Å². The maximum absolute atomic E-state index is 10.9. The normalized spacial score (nSPS) is 12.6. The average Bonchev–Trinajstić information content (AvgIpc) is 2.52. The van der Waals surface area contributed by atoms with Crippen LogP contribution in [0.15, 0.2) is 48.7 Å². The number of hydrogen-bond acceptors (Lipinski definition) is 2. The Morgan fingerprint density at radius 1 is 0.800 bits per heavy atom. The van der Waals surface area contributed by atoms with E-state index in [9.17, 15) is 5.11 Å². The highest BCUT2D eigenvalue weighted by Crippen LogP contribution is 2.42. The van der Waals surface area contributed by atoms with Crippen LogP contribution in [0.5, 0.6) is 5.75 Å². The summed E-state index contributed by atoms with van der Waals surface area (Å²) in [5.74, 6) is 0.419. The Bertz CT molecular complexity index is 886. The van der Waals surface area contributed by atoms with Crippen molar-refractivity contribution >= 4 is 10.9 Å². The topological polar surface area (TPSA) is 33.1 Å². The van der Waals surface area contributed by atoms with Gasteiger partial charge in [-0.2, -0.15) is 0 Å². The van der Waals surface area contributed by atoms with Gasteiger partial charge in [-0.3, -0.25) is 4.98 Å². The Labute approximate surface area is 150 Å². The molecule has 1 N–H and O–H groups in total. The second kappa shape index (κ2) is 5.87. The molecule has 1 heterocycles. The quantitative estimate of drug-likeness (QED) is 0.575. The van der Waals surface area contributed by atoms with Gasteiger partial charge < -0.3 is 5.11 Å². The number of aromatic nitrogens is 1. The van der Waals surface area contributed by atoms with Crippen molar-refractivity contribution in [2.45, 2.75) is 52.4 Å². The molecule has 0 unspecified atom stereocenters. The molecule has 0 saturated carbocycles. The molecule has 25 heavy (non-hydrogen) atoms. The summed E-state index contributed by atoms with van der Waals surface area (Å²) in [6.45, 7) is 12.9. The summed E-state index contributed by atoms with van der Waals surface area (Å²) >= 11 is 0. The molecule has 0 spiro atoms. The second-order valence-electron chi connectivity index (χ2n) is 8.80. The monoisotopic (exact) mass is 333 g/mol. The van der Waals surface area contributed by atoms with Crippen LogP contribution in [-0.4, -0.2) is 10.1 Å². The summed E-state index contributed by atoms with van der Waals surface area (Å²) in [4.78, 5) is 4.48. The molecule has 3 aromatic rings. The smallest absolute Gasteiger partial charge is 0.123 e. The zero-order valence-corrected chi connectivity index (χ0v) is 16.0. The molecule has 0 aliphatic heterocycles. The minimum atomic E-state index is -0.136. The molecule has 1 aromatic heterocycles.